The fourth-order valence-corrected chi connectivity index (χ4v) is 2.85. The molecule has 0 radical (unpaired) electrons. The number of aliphatic hydroxyl groups excluding tert-OH is 1. The van der Waals surface area contributed by atoms with E-state index in [-0.39, 0.29) is 18.1 Å². The maximum Gasteiger partial charge on any atom is 0.271 e. The second kappa shape index (κ2) is 6.15. The maximum absolute atomic E-state index is 12.0. The van der Waals surface area contributed by atoms with Crippen LogP contribution in [0, 0.1) is 0 Å². The highest BCUT2D eigenvalue weighted by Crippen LogP contribution is 2.19. The van der Waals surface area contributed by atoms with E-state index in [2.05, 4.69) is 15.6 Å². The summed E-state index contributed by atoms with van der Waals surface area (Å²) in [6.45, 7) is 2.80. The van der Waals surface area contributed by atoms with Gasteiger partial charge in [0, 0.05) is 18.0 Å². The summed E-state index contributed by atoms with van der Waals surface area (Å²) in [6, 6.07) is 0.171. The Bertz CT molecular complexity index is 400. The molecule has 1 aromatic heterocycles. The van der Waals surface area contributed by atoms with Crippen molar-refractivity contribution in [2.75, 3.05) is 11.9 Å². The van der Waals surface area contributed by atoms with Gasteiger partial charge in [-0.05, 0) is 32.6 Å². The van der Waals surface area contributed by atoms with Crippen LogP contribution in [-0.4, -0.2) is 34.7 Å². The molecule has 0 bridgehead atoms. The van der Waals surface area contributed by atoms with Gasteiger partial charge in [-0.25, -0.2) is 4.98 Å². The Morgan fingerprint density at radius 2 is 2.22 bits per heavy atom. The predicted molar refractivity (Wildman–Crippen MR) is 72.0 cm³/mol. The van der Waals surface area contributed by atoms with Crippen LogP contribution in [0.3, 0.4) is 0 Å². The zero-order valence-corrected chi connectivity index (χ0v) is 11.3. The molecule has 1 heterocycles. The Labute approximate surface area is 111 Å². The first-order chi connectivity index (χ1) is 8.69. The van der Waals surface area contributed by atoms with E-state index in [9.17, 15) is 9.90 Å². The van der Waals surface area contributed by atoms with Gasteiger partial charge in [0.1, 0.15) is 5.69 Å². The third-order valence-electron chi connectivity index (χ3n) is 3.10. The monoisotopic (exact) mass is 269 g/mol. The Hall–Kier alpha value is -1.14. The summed E-state index contributed by atoms with van der Waals surface area (Å²) >= 11 is 1.44. The van der Waals surface area contributed by atoms with Gasteiger partial charge in [0.15, 0.2) is 5.13 Å². The normalized spacial score (nSPS) is 23.7. The zero-order chi connectivity index (χ0) is 13.0. The number of carbonyl (C=O) groups is 1. The van der Waals surface area contributed by atoms with Crippen molar-refractivity contribution in [2.24, 2.45) is 0 Å². The molecule has 3 N–H and O–H groups in total. The molecule has 100 valence electrons. The summed E-state index contributed by atoms with van der Waals surface area (Å²) in [4.78, 5) is 16.2. The molecule has 1 fully saturated rings. The van der Waals surface area contributed by atoms with Crippen LogP contribution >= 0.6 is 11.3 Å². The van der Waals surface area contributed by atoms with Crippen LogP contribution in [0.15, 0.2) is 5.38 Å². The minimum absolute atomic E-state index is 0.114. The van der Waals surface area contributed by atoms with Crippen LogP contribution in [0.25, 0.3) is 0 Å². The average molecular weight is 269 g/mol. The van der Waals surface area contributed by atoms with Gasteiger partial charge in [-0.3, -0.25) is 4.79 Å². The molecule has 0 atom stereocenters. The van der Waals surface area contributed by atoms with Gasteiger partial charge in [-0.1, -0.05) is 0 Å². The molecule has 1 aliphatic carbocycles. The molecular weight excluding hydrogens is 250 g/mol. The Kier molecular flexibility index (Phi) is 4.54. The molecular formula is C12H19N3O2S. The number of nitrogens with one attached hydrogen (secondary N) is 2. The van der Waals surface area contributed by atoms with Crippen molar-refractivity contribution in [3.63, 3.8) is 0 Å². The molecule has 0 aliphatic heterocycles. The number of amides is 1. The largest absolute Gasteiger partial charge is 0.393 e. The molecule has 0 spiro atoms. The second-order valence-electron chi connectivity index (χ2n) is 4.55. The van der Waals surface area contributed by atoms with Gasteiger partial charge in [0.05, 0.1) is 6.10 Å². The molecule has 1 aliphatic rings. The standard InChI is InChI=1S/C12H19N3O2S/c1-2-13-12-15-10(7-18-12)11(17)14-8-3-5-9(16)6-4-8/h7-9,16H,2-6H2,1H3,(H,13,15)(H,14,17). The van der Waals surface area contributed by atoms with Crippen molar-refractivity contribution >= 4 is 22.4 Å². The predicted octanol–water partition coefficient (Wildman–Crippen LogP) is 1.61. The minimum atomic E-state index is -0.196. The van der Waals surface area contributed by atoms with E-state index >= 15 is 0 Å². The quantitative estimate of drug-likeness (QED) is 0.776. The van der Waals surface area contributed by atoms with Gasteiger partial charge in [0.25, 0.3) is 5.91 Å². The lowest BCUT2D eigenvalue weighted by molar-refractivity contribution is 0.0864. The first-order valence-corrected chi connectivity index (χ1v) is 7.25. The van der Waals surface area contributed by atoms with E-state index in [1.54, 1.807) is 5.38 Å². The van der Waals surface area contributed by atoms with Crippen molar-refractivity contribution in [2.45, 2.75) is 44.8 Å². The van der Waals surface area contributed by atoms with Gasteiger partial charge >= 0.3 is 0 Å². The molecule has 1 aromatic rings. The van der Waals surface area contributed by atoms with Crippen LogP contribution < -0.4 is 10.6 Å². The fraction of sp³-hybridized carbons (Fsp3) is 0.667. The molecule has 18 heavy (non-hydrogen) atoms. The molecule has 5 nitrogen and oxygen atoms in total. The number of aromatic nitrogens is 1. The maximum atomic E-state index is 12.0. The van der Waals surface area contributed by atoms with Crippen molar-refractivity contribution < 1.29 is 9.90 Å². The van der Waals surface area contributed by atoms with Crippen LogP contribution in [0.4, 0.5) is 5.13 Å². The molecule has 2 rings (SSSR count). The SMILES string of the molecule is CCNc1nc(C(=O)NC2CCC(O)CC2)cs1. The van der Waals surface area contributed by atoms with Crippen LogP contribution in [0.1, 0.15) is 43.1 Å². The third kappa shape index (κ3) is 3.43. The number of aliphatic hydroxyl groups is 1. The number of carbonyl (C=O) groups excluding carboxylic acids is 1. The third-order valence-corrected chi connectivity index (χ3v) is 3.90. The van der Waals surface area contributed by atoms with E-state index in [0.717, 1.165) is 37.4 Å². The summed E-state index contributed by atoms with van der Waals surface area (Å²) in [7, 11) is 0. The Morgan fingerprint density at radius 3 is 2.89 bits per heavy atom. The second-order valence-corrected chi connectivity index (χ2v) is 5.41. The fourth-order valence-electron chi connectivity index (χ4n) is 2.09. The van der Waals surface area contributed by atoms with E-state index < -0.39 is 0 Å². The first kappa shape index (κ1) is 13.3. The molecule has 1 saturated carbocycles. The first-order valence-electron chi connectivity index (χ1n) is 6.37. The number of hydrogen-bond acceptors (Lipinski definition) is 5. The highest BCUT2D eigenvalue weighted by molar-refractivity contribution is 7.13. The molecule has 1 amide bonds. The number of rotatable bonds is 4. The van der Waals surface area contributed by atoms with Gasteiger partial charge in [-0.2, -0.15) is 0 Å². The Morgan fingerprint density at radius 1 is 1.50 bits per heavy atom. The summed E-state index contributed by atoms with van der Waals surface area (Å²) < 4.78 is 0. The molecule has 0 unspecified atom stereocenters. The van der Waals surface area contributed by atoms with E-state index in [1.165, 1.54) is 11.3 Å². The van der Waals surface area contributed by atoms with Crippen LogP contribution in [-0.2, 0) is 0 Å². The molecule has 0 saturated heterocycles. The number of nitrogens with zero attached hydrogens (tertiary/aromatic N) is 1. The van der Waals surface area contributed by atoms with E-state index in [4.69, 9.17) is 0 Å². The van der Waals surface area contributed by atoms with Crippen molar-refractivity contribution in [3.05, 3.63) is 11.1 Å². The summed E-state index contributed by atoms with van der Waals surface area (Å²) in [5, 5.41) is 18.0. The highest BCUT2D eigenvalue weighted by atomic mass is 32.1. The number of thiazole rings is 1. The topological polar surface area (TPSA) is 74.2 Å². The summed E-state index contributed by atoms with van der Waals surface area (Å²) in [5.41, 5.74) is 0.474. The minimum Gasteiger partial charge on any atom is -0.393 e. The van der Waals surface area contributed by atoms with Crippen molar-refractivity contribution in [1.82, 2.24) is 10.3 Å². The lowest BCUT2D eigenvalue weighted by Gasteiger charge is -2.25. The molecule has 6 heteroatoms. The average Bonchev–Trinajstić information content (AvgIpc) is 2.81. The van der Waals surface area contributed by atoms with Gasteiger partial charge < -0.3 is 15.7 Å². The van der Waals surface area contributed by atoms with E-state index in [0.29, 0.717) is 5.69 Å². The Balaban J connectivity index is 1.86. The van der Waals surface area contributed by atoms with Gasteiger partial charge in [0.2, 0.25) is 0 Å². The van der Waals surface area contributed by atoms with Crippen molar-refractivity contribution in [1.29, 1.82) is 0 Å². The number of hydrogen-bond donors (Lipinski definition) is 3. The van der Waals surface area contributed by atoms with Crippen LogP contribution in [0.2, 0.25) is 0 Å². The highest BCUT2D eigenvalue weighted by Gasteiger charge is 2.22. The molecule has 0 aromatic carbocycles. The number of anilines is 1. The van der Waals surface area contributed by atoms with Crippen molar-refractivity contribution in [3.8, 4) is 0 Å². The summed E-state index contributed by atoms with van der Waals surface area (Å²) in [5.74, 6) is -0.114. The smallest absolute Gasteiger partial charge is 0.271 e. The zero-order valence-electron chi connectivity index (χ0n) is 10.5. The lowest BCUT2D eigenvalue weighted by atomic mass is 9.93. The van der Waals surface area contributed by atoms with E-state index in [1.807, 2.05) is 6.92 Å². The van der Waals surface area contributed by atoms with Gasteiger partial charge in [-0.15, -0.1) is 11.3 Å². The lowest BCUT2D eigenvalue weighted by Crippen LogP contribution is -2.38. The summed E-state index contributed by atoms with van der Waals surface area (Å²) in [6.07, 6.45) is 3.03. The van der Waals surface area contributed by atoms with Crippen LogP contribution in [0.5, 0.6) is 0 Å².